The van der Waals surface area contributed by atoms with Gasteiger partial charge in [-0.3, -0.25) is 30.2 Å². The summed E-state index contributed by atoms with van der Waals surface area (Å²) in [4.78, 5) is 38.5. The minimum absolute atomic E-state index is 0.0459. The number of benzene rings is 1. The molecule has 0 aliphatic carbocycles. The first kappa shape index (κ1) is 15.4. The van der Waals surface area contributed by atoms with Gasteiger partial charge in [-0.05, 0) is 12.1 Å². The van der Waals surface area contributed by atoms with Crippen molar-refractivity contribution in [2.45, 2.75) is 12.8 Å². The number of fused-ring (bicyclic) bond motifs is 1. The summed E-state index contributed by atoms with van der Waals surface area (Å²) in [6, 6.07) is 9.06. The Kier molecular flexibility index (Phi) is 5.02. The molecule has 22 heavy (non-hydrogen) atoms. The monoisotopic (exact) mass is 301 g/mol. The third-order valence-electron chi connectivity index (χ3n) is 2.95. The zero-order valence-electron chi connectivity index (χ0n) is 12.0. The van der Waals surface area contributed by atoms with Crippen LogP contribution in [-0.2, 0) is 14.3 Å². The predicted molar refractivity (Wildman–Crippen MR) is 78.6 cm³/mol. The highest BCUT2D eigenvalue weighted by Crippen LogP contribution is 2.12. The van der Waals surface area contributed by atoms with Gasteiger partial charge in [-0.15, -0.1) is 0 Å². The van der Waals surface area contributed by atoms with Crippen LogP contribution in [0.4, 0.5) is 0 Å². The molecule has 0 bridgehead atoms. The molecule has 7 heteroatoms. The van der Waals surface area contributed by atoms with Crippen molar-refractivity contribution in [2.24, 2.45) is 0 Å². The number of hydrogen-bond donors (Lipinski definition) is 2. The Morgan fingerprint density at radius 1 is 1.14 bits per heavy atom. The van der Waals surface area contributed by atoms with E-state index in [1.807, 2.05) is 24.3 Å². The Labute approximate surface area is 126 Å². The van der Waals surface area contributed by atoms with Crippen LogP contribution in [0.3, 0.4) is 0 Å². The van der Waals surface area contributed by atoms with Gasteiger partial charge in [0.1, 0.15) is 0 Å². The Balaban J connectivity index is 1.91. The molecule has 0 radical (unpaired) electrons. The number of nitrogens with one attached hydrogen (secondary N) is 2. The summed E-state index contributed by atoms with van der Waals surface area (Å²) in [5.74, 6) is -1.45. The standard InChI is InChI=1S/C15H15N3O4/c1-22-14(20)7-6-13(19)17-18-15(21)11-8-10-4-2-3-5-12(10)16-9-11/h2-5,8-9H,6-7H2,1H3,(H,17,19)(H,18,21). The maximum absolute atomic E-state index is 11.9. The molecule has 0 saturated heterocycles. The Morgan fingerprint density at radius 2 is 1.91 bits per heavy atom. The van der Waals surface area contributed by atoms with Gasteiger partial charge in [0.2, 0.25) is 5.91 Å². The van der Waals surface area contributed by atoms with E-state index in [-0.39, 0.29) is 12.8 Å². The highest BCUT2D eigenvalue weighted by molar-refractivity contribution is 5.98. The normalized spacial score (nSPS) is 10.0. The smallest absolute Gasteiger partial charge is 0.306 e. The lowest BCUT2D eigenvalue weighted by molar-refractivity contribution is -0.142. The first-order valence-corrected chi connectivity index (χ1v) is 6.61. The largest absolute Gasteiger partial charge is 0.469 e. The van der Waals surface area contributed by atoms with Gasteiger partial charge in [-0.25, -0.2) is 0 Å². The van der Waals surface area contributed by atoms with Gasteiger partial charge in [-0.2, -0.15) is 0 Å². The van der Waals surface area contributed by atoms with Gasteiger partial charge in [-0.1, -0.05) is 18.2 Å². The summed E-state index contributed by atoms with van der Waals surface area (Å²) in [6.07, 6.45) is 1.32. The van der Waals surface area contributed by atoms with E-state index in [0.29, 0.717) is 5.56 Å². The van der Waals surface area contributed by atoms with Crippen LogP contribution in [0.5, 0.6) is 0 Å². The first-order chi connectivity index (χ1) is 10.6. The number of methoxy groups -OCH3 is 1. The van der Waals surface area contributed by atoms with Crippen molar-refractivity contribution in [1.29, 1.82) is 0 Å². The second-order valence-corrected chi connectivity index (χ2v) is 4.50. The number of esters is 1. The van der Waals surface area contributed by atoms with E-state index < -0.39 is 17.8 Å². The zero-order valence-corrected chi connectivity index (χ0v) is 12.0. The van der Waals surface area contributed by atoms with Crippen LogP contribution >= 0.6 is 0 Å². The number of para-hydroxylation sites is 1. The molecule has 2 N–H and O–H groups in total. The fourth-order valence-corrected chi connectivity index (χ4v) is 1.77. The zero-order chi connectivity index (χ0) is 15.9. The molecule has 2 rings (SSSR count). The molecule has 0 unspecified atom stereocenters. The molecule has 0 spiro atoms. The number of rotatable bonds is 4. The lowest BCUT2D eigenvalue weighted by atomic mass is 10.1. The fraction of sp³-hybridized carbons (Fsp3) is 0.200. The summed E-state index contributed by atoms with van der Waals surface area (Å²) in [6.45, 7) is 0. The number of hydrazine groups is 1. The van der Waals surface area contributed by atoms with Gasteiger partial charge in [0.25, 0.3) is 5.91 Å². The van der Waals surface area contributed by atoms with E-state index in [1.54, 1.807) is 6.07 Å². The van der Waals surface area contributed by atoms with Gasteiger partial charge in [0.05, 0.1) is 24.6 Å². The molecule has 0 saturated carbocycles. The average Bonchev–Trinajstić information content (AvgIpc) is 2.56. The second kappa shape index (κ2) is 7.16. The highest BCUT2D eigenvalue weighted by atomic mass is 16.5. The summed E-state index contributed by atoms with van der Waals surface area (Å²) in [7, 11) is 1.24. The topological polar surface area (TPSA) is 97.4 Å². The fourth-order valence-electron chi connectivity index (χ4n) is 1.77. The van der Waals surface area contributed by atoms with Crippen LogP contribution in [0.25, 0.3) is 10.9 Å². The van der Waals surface area contributed by atoms with Crippen molar-refractivity contribution < 1.29 is 19.1 Å². The van der Waals surface area contributed by atoms with Crippen molar-refractivity contribution in [3.63, 3.8) is 0 Å². The van der Waals surface area contributed by atoms with Crippen molar-refractivity contribution >= 4 is 28.7 Å². The number of hydrogen-bond acceptors (Lipinski definition) is 5. The van der Waals surface area contributed by atoms with Gasteiger partial charge in [0, 0.05) is 18.0 Å². The van der Waals surface area contributed by atoms with Crippen LogP contribution in [-0.4, -0.2) is 29.9 Å². The van der Waals surface area contributed by atoms with E-state index in [4.69, 9.17) is 0 Å². The lowest BCUT2D eigenvalue weighted by Crippen LogP contribution is -2.41. The number of amides is 2. The van der Waals surface area contributed by atoms with Crippen LogP contribution in [0.1, 0.15) is 23.2 Å². The molecule has 114 valence electrons. The molecule has 2 aromatic rings. The number of carbonyl (C=O) groups excluding carboxylic acids is 3. The maximum atomic E-state index is 11.9. The summed E-state index contributed by atoms with van der Waals surface area (Å²) in [5.41, 5.74) is 5.61. The van der Waals surface area contributed by atoms with Gasteiger partial charge >= 0.3 is 5.97 Å². The number of pyridine rings is 1. The van der Waals surface area contributed by atoms with E-state index in [1.165, 1.54) is 13.3 Å². The number of ether oxygens (including phenoxy) is 1. The molecular formula is C15H15N3O4. The number of nitrogens with zero attached hydrogens (tertiary/aromatic N) is 1. The molecule has 0 atom stereocenters. The Bertz CT molecular complexity index is 715. The summed E-state index contributed by atoms with van der Waals surface area (Å²) in [5, 5.41) is 0.826. The third kappa shape index (κ3) is 4.02. The highest BCUT2D eigenvalue weighted by Gasteiger charge is 2.10. The third-order valence-corrected chi connectivity index (χ3v) is 2.95. The van der Waals surface area contributed by atoms with Gasteiger partial charge in [0.15, 0.2) is 0 Å². The minimum atomic E-state index is -0.486. The summed E-state index contributed by atoms with van der Waals surface area (Å²) < 4.78 is 4.42. The van der Waals surface area contributed by atoms with Crippen LogP contribution in [0, 0.1) is 0 Å². The second-order valence-electron chi connectivity index (χ2n) is 4.50. The molecule has 7 nitrogen and oxygen atoms in total. The quantitative estimate of drug-likeness (QED) is 0.647. The van der Waals surface area contributed by atoms with Crippen molar-refractivity contribution in [1.82, 2.24) is 15.8 Å². The molecule has 2 amide bonds. The molecule has 1 aromatic carbocycles. The van der Waals surface area contributed by atoms with Crippen molar-refractivity contribution in [3.05, 3.63) is 42.1 Å². The Hall–Kier alpha value is -2.96. The predicted octanol–water partition coefficient (Wildman–Crippen LogP) is 0.949. The summed E-state index contributed by atoms with van der Waals surface area (Å²) >= 11 is 0. The van der Waals surface area contributed by atoms with Crippen LogP contribution < -0.4 is 10.9 Å². The van der Waals surface area contributed by atoms with Crippen LogP contribution in [0.2, 0.25) is 0 Å². The molecule has 0 aliphatic rings. The number of aromatic nitrogens is 1. The molecule has 0 aliphatic heterocycles. The van der Waals surface area contributed by atoms with Crippen molar-refractivity contribution in [2.75, 3.05) is 7.11 Å². The van der Waals surface area contributed by atoms with E-state index >= 15 is 0 Å². The maximum Gasteiger partial charge on any atom is 0.306 e. The lowest BCUT2D eigenvalue weighted by Gasteiger charge is -2.07. The van der Waals surface area contributed by atoms with Crippen molar-refractivity contribution in [3.8, 4) is 0 Å². The van der Waals surface area contributed by atoms with E-state index in [9.17, 15) is 14.4 Å². The van der Waals surface area contributed by atoms with Gasteiger partial charge < -0.3 is 4.74 Å². The average molecular weight is 301 g/mol. The minimum Gasteiger partial charge on any atom is -0.469 e. The van der Waals surface area contributed by atoms with E-state index in [2.05, 4.69) is 20.6 Å². The first-order valence-electron chi connectivity index (χ1n) is 6.61. The molecule has 0 fully saturated rings. The molecule has 1 heterocycles. The Morgan fingerprint density at radius 3 is 2.68 bits per heavy atom. The molecular weight excluding hydrogens is 286 g/mol. The number of carbonyl (C=O) groups is 3. The molecule has 1 aromatic heterocycles. The van der Waals surface area contributed by atoms with Crippen LogP contribution in [0.15, 0.2) is 36.5 Å². The SMILES string of the molecule is COC(=O)CCC(=O)NNC(=O)c1cnc2ccccc2c1. The van der Waals surface area contributed by atoms with E-state index in [0.717, 1.165) is 10.9 Å².